The van der Waals surface area contributed by atoms with Crippen molar-refractivity contribution >= 4 is 7.60 Å². The van der Waals surface area contributed by atoms with Crippen LogP contribution in [-0.4, -0.2) is 32.0 Å². The summed E-state index contributed by atoms with van der Waals surface area (Å²) in [6, 6.07) is 0. The monoisotopic (exact) mass is 265 g/mol. The van der Waals surface area contributed by atoms with Gasteiger partial charge in [-0.2, -0.15) is 0 Å². The molecular formula is C12H28NO3P. The third-order valence-electron chi connectivity index (χ3n) is 2.54. The molecule has 0 aliphatic carbocycles. The Morgan fingerprint density at radius 3 is 2.18 bits per heavy atom. The molecule has 0 radical (unpaired) electrons. The standard InChI is InChI=1S/C12H28NO3P/c1-6-8-10-16-17(14,15-9-7-2)11-12(3,4)13-5/h13H,6-11H2,1-5H3. The van der Waals surface area contributed by atoms with Gasteiger partial charge in [-0.15, -0.1) is 0 Å². The zero-order valence-electron chi connectivity index (χ0n) is 11.9. The van der Waals surface area contributed by atoms with E-state index in [0.717, 1.165) is 19.3 Å². The molecule has 0 heterocycles. The van der Waals surface area contributed by atoms with Crippen LogP contribution in [-0.2, 0) is 13.6 Å². The lowest BCUT2D eigenvalue weighted by Crippen LogP contribution is -2.40. The van der Waals surface area contributed by atoms with Crippen LogP contribution in [0.1, 0.15) is 47.0 Å². The van der Waals surface area contributed by atoms with Gasteiger partial charge >= 0.3 is 7.60 Å². The molecule has 4 nitrogen and oxygen atoms in total. The van der Waals surface area contributed by atoms with Crippen LogP contribution < -0.4 is 5.32 Å². The van der Waals surface area contributed by atoms with E-state index in [1.165, 1.54) is 0 Å². The van der Waals surface area contributed by atoms with Gasteiger partial charge in [0.1, 0.15) is 0 Å². The normalized spacial score (nSPS) is 15.8. The summed E-state index contributed by atoms with van der Waals surface area (Å²) in [6.07, 6.45) is 3.20. The second-order valence-corrected chi connectivity index (χ2v) is 6.98. The Bertz CT molecular complexity index is 244. The molecule has 0 bridgehead atoms. The first-order valence-corrected chi connectivity index (χ1v) is 8.19. The SMILES string of the molecule is CCCCOP(=O)(CC(C)(C)NC)OCCC. The molecule has 17 heavy (non-hydrogen) atoms. The van der Waals surface area contributed by atoms with Crippen LogP contribution in [0.25, 0.3) is 0 Å². The molecule has 104 valence electrons. The second kappa shape index (κ2) is 8.25. The van der Waals surface area contributed by atoms with Crippen molar-refractivity contribution < 1.29 is 13.6 Å². The molecule has 5 heteroatoms. The molecule has 1 unspecified atom stereocenters. The highest BCUT2D eigenvalue weighted by atomic mass is 31.2. The van der Waals surface area contributed by atoms with Crippen molar-refractivity contribution in [2.24, 2.45) is 0 Å². The number of hydrogen-bond donors (Lipinski definition) is 1. The third kappa shape index (κ3) is 7.93. The number of nitrogens with one attached hydrogen (secondary N) is 1. The Hall–Kier alpha value is 0.110. The maximum Gasteiger partial charge on any atom is 0.332 e. The molecule has 0 fully saturated rings. The fourth-order valence-electron chi connectivity index (χ4n) is 1.27. The first kappa shape index (κ1) is 17.1. The molecule has 0 aliphatic rings. The van der Waals surface area contributed by atoms with Crippen molar-refractivity contribution in [3.05, 3.63) is 0 Å². The van der Waals surface area contributed by atoms with Crippen molar-refractivity contribution in [1.29, 1.82) is 0 Å². The molecule has 1 N–H and O–H groups in total. The number of hydrogen-bond acceptors (Lipinski definition) is 4. The number of rotatable bonds is 10. The summed E-state index contributed by atoms with van der Waals surface area (Å²) in [5.74, 6) is 0. The van der Waals surface area contributed by atoms with Crippen LogP contribution in [0, 0.1) is 0 Å². The summed E-state index contributed by atoms with van der Waals surface area (Å²) in [6.45, 7) is 9.08. The second-order valence-electron chi connectivity index (χ2n) is 4.92. The summed E-state index contributed by atoms with van der Waals surface area (Å²) >= 11 is 0. The Labute approximate surface area is 106 Å². The Kier molecular flexibility index (Phi) is 8.31. The van der Waals surface area contributed by atoms with E-state index in [2.05, 4.69) is 12.2 Å². The van der Waals surface area contributed by atoms with Crippen LogP contribution in [0.15, 0.2) is 0 Å². The minimum absolute atomic E-state index is 0.241. The first-order valence-electron chi connectivity index (χ1n) is 6.46. The van der Waals surface area contributed by atoms with Crippen molar-refractivity contribution in [3.63, 3.8) is 0 Å². The van der Waals surface area contributed by atoms with E-state index in [9.17, 15) is 4.57 Å². The van der Waals surface area contributed by atoms with Crippen molar-refractivity contribution in [2.75, 3.05) is 26.4 Å². The van der Waals surface area contributed by atoms with Gasteiger partial charge in [-0.3, -0.25) is 4.57 Å². The zero-order chi connectivity index (χ0) is 13.4. The van der Waals surface area contributed by atoms with Crippen LogP contribution in [0.2, 0.25) is 0 Å². The minimum atomic E-state index is -2.97. The van der Waals surface area contributed by atoms with E-state index in [0.29, 0.717) is 19.4 Å². The Morgan fingerprint density at radius 2 is 1.71 bits per heavy atom. The fourth-order valence-corrected chi connectivity index (χ4v) is 3.52. The average Bonchev–Trinajstić information content (AvgIpc) is 2.26. The maximum atomic E-state index is 12.5. The lowest BCUT2D eigenvalue weighted by Gasteiger charge is -2.28. The molecule has 0 saturated heterocycles. The van der Waals surface area contributed by atoms with Crippen LogP contribution in [0.3, 0.4) is 0 Å². The summed E-state index contributed by atoms with van der Waals surface area (Å²) in [4.78, 5) is 0. The van der Waals surface area contributed by atoms with Gasteiger partial charge in [0.15, 0.2) is 0 Å². The van der Waals surface area contributed by atoms with Gasteiger partial charge in [0.25, 0.3) is 0 Å². The summed E-state index contributed by atoms with van der Waals surface area (Å²) in [5, 5.41) is 3.13. The lowest BCUT2D eigenvalue weighted by molar-refractivity contribution is 0.196. The van der Waals surface area contributed by atoms with Gasteiger partial charge in [0.2, 0.25) is 0 Å². The third-order valence-corrected chi connectivity index (χ3v) is 4.87. The summed E-state index contributed by atoms with van der Waals surface area (Å²) < 4.78 is 23.5. The van der Waals surface area contributed by atoms with E-state index >= 15 is 0 Å². The number of unbranched alkanes of at least 4 members (excludes halogenated alkanes) is 1. The lowest BCUT2D eigenvalue weighted by atomic mass is 10.1. The van der Waals surface area contributed by atoms with Crippen molar-refractivity contribution in [1.82, 2.24) is 5.32 Å². The quantitative estimate of drug-likeness (QED) is 0.485. The van der Waals surface area contributed by atoms with Gasteiger partial charge in [-0.05, 0) is 33.7 Å². The largest absolute Gasteiger partial charge is 0.332 e. The van der Waals surface area contributed by atoms with Crippen LogP contribution in [0.4, 0.5) is 0 Å². The first-order chi connectivity index (χ1) is 7.89. The molecule has 0 aromatic heterocycles. The van der Waals surface area contributed by atoms with Crippen LogP contribution in [0.5, 0.6) is 0 Å². The molecule has 0 amide bonds. The highest BCUT2D eigenvalue weighted by Crippen LogP contribution is 2.50. The maximum absolute atomic E-state index is 12.5. The van der Waals surface area contributed by atoms with Gasteiger partial charge in [-0.25, -0.2) is 0 Å². The van der Waals surface area contributed by atoms with Crippen LogP contribution >= 0.6 is 7.60 Å². The molecule has 0 aliphatic heterocycles. The molecular weight excluding hydrogens is 237 g/mol. The zero-order valence-corrected chi connectivity index (χ0v) is 12.8. The molecule has 0 aromatic rings. The van der Waals surface area contributed by atoms with Gasteiger partial charge in [0, 0.05) is 5.54 Å². The van der Waals surface area contributed by atoms with E-state index in [1.54, 1.807) is 0 Å². The van der Waals surface area contributed by atoms with Crippen molar-refractivity contribution in [2.45, 2.75) is 52.5 Å². The Morgan fingerprint density at radius 1 is 1.12 bits per heavy atom. The molecule has 0 spiro atoms. The average molecular weight is 265 g/mol. The molecule has 1 atom stereocenters. The summed E-state index contributed by atoms with van der Waals surface area (Å²) in [7, 11) is -1.11. The smallest absolute Gasteiger partial charge is 0.314 e. The van der Waals surface area contributed by atoms with Crippen molar-refractivity contribution in [3.8, 4) is 0 Å². The topological polar surface area (TPSA) is 47.6 Å². The van der Waals surface area contributed by atoms with E-state index in [4.69, 9.17) is 9.05 Å². The summed E-state index contributed by atoms with van der Waals surface area (Å²) in [5.41, 5.74) is -0.241. The predicted molar refractivity (Wildman–Crippen MR) is 72.7 cm³/mol. The van der Waals surface area contributed by atoms with E-state index in [-0.39, 0.29) is 5.54 Å². The van der Waals surface area contributed by atoms with E-state index < -0.39 is 7.60 Å². The Balaban J connectivity index is 4.43. The van der Waals surface area contributed by atoms with Gasteiger partial charge < -0.3 is 14.4 Å². The highest BCUT2D eigenvalue weighted by molar-refractivity contribution is 7.53. The molecule has 0 saturated carbocycles. The van der Waals surface area contributed by atoms with Gasteiger partial charge in [-0.1, -0.05) is 20.3 Å². The predicted octanol–water partition coefficient (Wildman–Crippen LogP) is 3.42. The highest BCUT2D eigenvalue weighted by Gasteiger charge is 2.32. The van der Waals surface area contributed by atoms with E-state index in [1.807, 2.05) is 27.8 Å². The molecule has 0 aromatic carbocycles. The minimum Gasteiger partial charge on any atom is -0.314 e. The molecule has 0 rings (SSSR count). The van der Waals surface area contributed by atoms with Gasteiger partial charge in [0.05, 0.1) is 19.4 Å². The fraction of sp³-hybridized carbons (Fsp3) is 1.00.